The maximum absolute atomic E-state index is 13.7. The molecule has 2 aromatic carbocycles. The van der Waals surface area contributed by atoms with E-state index in [1.165, 1.54) is 15.6 Å². The van der Waals surface area contributed by atoms with Gasteiger partial charge in [0, 0.05) is 17.0 Å². The van der Waals surface area contributed by atoms with Gasteiger partial charge in [0.2, 0.25) is 5.84 Å². The Balaban J connectivity index is 1.60. The van der Waals surface area contributed by atoms with E-state index in [0.717, 1.165) is 28.7 Å². The lowest BCUT2D eigenvalue weighted by Crippen LogP contribution is -2.42. The Morgan fingerprint density at radius 2 is 2.00 bits per heavy atom. The third-order valence-corrected chi connectivity index (χ3v) is 4.89. The lowest BCUT2D eigenvalue weighted by atomic mass is 9.91. The second-order valence-electron chi connectivity index (χ2n) is 6.31. The van der Waals surface area contributed by atoms with Gasteiger partial charge in [-0.15, -0.1) is 0 Å². The number of para-hydroxylation sites is 1. The molecule has 1 aromatic heterocycles. The van der Waals surface area contributed by atoms with E-state index in [9.17, 15) is 4.32 Å². The Morgan fingerprint density at radius 3 is 2.92 bits per heavy atom. The highest BCUT2D eigenvalue weighted by molar-refractivity contribution is 6.17. The van der Waals surface area contributed by atoms with E-state index < -0.39 is 0 Å². The summed E-state index contributed by atoms with van der Waals surface area (Å²) in [6.07, 6.45) is 5.22. The van der Waals surface area contributed by atoms with Crippen LogP contribution in [0, 0.1) is 0 Å². The van der Waals surface area contributed by atoms with Gasteiger partial charge in [0.25, 0.3) is 5.82 Å². The van der Waals surface area contributed by atoms with Crippen molar-refractivity contribution in [3.63, 3.8) is 0 Å². The molecule has 5 rings (SSSR count). The van der Waals surface area contributed by atoms with Crippen LogP contribution in [0.4, 0.5) is 10.1 Å². The van der Waals surface area contributed by atoms with Crippen LogP contribution >= 0.6 is 0 Å². The van der Waals surface area contributed by atoms with Crippen LogP contribution in [0.3, 0.4) is 0 Å². The summed E-state index contributed by atoms with van der Waals surface area (Å²) in [5.74, 6) is 1.46. The number of rotatable bonds is 2. The number of nitrogens with one attached hydrogen (secondary N) is 1. The number of aromatic nitrogens is 1. The predicted molar refractivity (Wildman–Crippen MR) is 99.4 cm³/mol. The summed E-state index contributed by atoms with van der Waals surface area (Å²) in [6, 6.07) is 18.0. The lowest BCUT2D eigenvalue weighted by Gasteiger charge is -2.14. The molecule has 119 valence electrons. The summed E-state index contributed by atoms with van der Waals surface area (Å²) in [4.78, 5) is 4.84. The van der Waals surface area contributed by atoms with Gasteiger partial charge in [-0.2, -0.15) is 0 Å². The Bertz CT molecular complexity index is 1060. The van der Waals surface area contributed by atoms with Crippen molar-refractivity contribution in [2.24, 2.45) is 4.99 Å². The third-order valence-electron chi connectivity index (χ3n) is 4.89. The molecule has 0 spiro atoms. The number of hydrogen-bond donors (Lipinski definition) is 1. The fraction of sp³-hybridized carbons (Fsp3) is 0.100. The highest BCUT2D eigenvalue weighted by Gasteiger charge is 2.31. The molecule has 0 saturated heterocycles. The minimum absolute atomic E-state index is 0.155. The van der Waals surface area contributed by atoms with E-state index in [2.05, 4.69) is 29.6 Å². The van der Waals surface area contributed by atoms with Crippen LogP contribution in [-0.4, -0.2) is 13.5 Å². The van der Waals surface area contributed by atoms with E-state index in [0.29, 0.717) is 13.5 Å². The molecule has 0 bridgehead atoms. The Hall–Kier alpha value is -2.95. The Kier molecular flexibility index (Phi) is 3.20. The second-order valence-corrected chi connectivity index (χ2v) is 6.31. The predicted octanol–water partition coefficient (Wildman–Crippen LogP) is 3.81. The van der Waals surface area contributed by atoms with Crippen molar-refractivity contribution in [1.82, 2.24) is 0 Å². The van der Waals surface area contributed by atoms with Crippen molar-refractivity contribution in [3.8, 4) is 0 Å². The number of halogens is 1. The molecule has 2 aliphatic rings. The summed E-state index contributed by atoms with van der Waals surface area (Å²) in [5, 5.41) is 4.33. The molecule has 1 aliphatic carbocycles. The van der Waals surface area contributed by atoms with Crippen LogP contribution in [0.25, 0.3) is 17.0 Å². The Morgan fingerprint density at radius 1 is 1.08 bits per heavy atom. The fourth-order valence-corrected chi connectivity index (χ4v) is 3.75. The van der Waals surface area contributed by atoms with Gasteiger partial charge in [-0.05, 0) is 35.7 Å². The molecule has 1 radical (unpaired) electrons. The van der Waals surface area contributed by atoms with E-state index in [4.69, 9.17) is 4.99 Å². The standard InChI is InChI=1S/C20H15BFN3/c22-21-25-17-10-2-1-5-13(17)11-12-18(25)24-20-15-8-3-6-14-7-4-9-16(23-20)19(14)15/h1-8,10-12,16H,9H2,(H,23,24)/q+1. The third kappa shape index (κ3) is 2.19. The molecule has 0 fully saturated rings. The monoisotopic (exact) mass is 327 g/mol. The number of fused-ring (bicyclic) bond motifs is 1. The van der Waals surface area contributed by atoms with Crippen molar-refractivity contribution >= 4 is 36.3 Å². The van der Waals surface area contributed by atoms with E-state index in [1.54, 1.807) is 0 Å². The van der Waals surface area contributed by atoms with Crippen molar-refractivity contribution in [2.45, 2.75) is 12.5 Å². The highest BCUT2D eigenvalue weighted by atomic mass is 19.1. The van der Waals surface area contributed by atoms with Gasteiger partial charge in [0.1, 0.15) is 5.52 Å². The minimum atomic E-state index is 0.155. The molecule has 1 atom stereocenters. The molecule has 3 nitrogen and oxygen atoms in total. The van der Waals surface area contributed by atoms with Crippen LogP contribution in [0.5, 0.6) is 0 Å². The van der Waals surface area contributed by atoms with E-state index in [1.807, 2.05) is 42.5 Å². The molecule has 0 amide bonds. The SMILES string of the molecule is F[B][n+]1c(NC2=NC3CC=Cc4cccc2c43)ccc2ccccc21. The molecule has 5 heteroatoms. The van der Waals surface area contributed by atoms with Crippen molar-refractivity contribution in [2.75, 3.05) is 5.32 Å². The number of anilines is 1. The summed E-state index contributed by atoms with van der Waals surface area (Å²) in [6.45, 7) is 0. The number of hydrogen-bond acceptors (Lipinski definition) is 2. The topological polar surface area (TPSA) is 28.3 Å². The summed E-state index contributed by atoms with van der Waals surface area (Å²) in [5.41, 5.74) is 4.40. The van der Waals surface area contributed by atoms with Crippen LogP contribution in [0.15, 0.2) is 65.7 Å². The number of aliphatic imine (C=N–C) groups is 1. The van der Waals surface area contributed by atoms with Crippen LogP contribution in [-0.2, 0) is 0 Å². The summed E-state index contributed by atoms with van der Waals surface area (Å²) < 4.78 is 15.2. The highest BCUT2D eigenvalue weighted by Crippen LogP contribution is 2.38. The lowest BCUT2D eigenvalue weighted by molar-refractivity contribution is -0.490. The molecule has 1 unspecified atom stereocenters. The average molecular weight is 327 g/mol. The van der Waals surface area contributed by atoms with Crippen LogP contribution in [0.2, 0.25) is 0 Å². The fourth-order valence-electron chi connectivity index (χ4n) is 3.75. The molecule has 0 saturated carbocycles. The zero-order chi connectivity index (χ0) is 16.8. The van der Waals surface area contributed by atoms with Gasteiger partial charge in [0.05, 0.1) is 6.04 Å². The van der Waals surface area contributed by atoms with Crippen molar-refractivity contribution in [1.29, 1.82) is 0 Å². The van der Waals surface area contributed by atoms with Gasteiger partial charge in [-0.1, -0.05) is 42.5 Å². The molecule has 1 aliphatic heterocycles. The molecule has 1 N–H and O–H groups in total. The minimum Gasteiger partial charge on any atom is -0.272 e. The molecule has 2 heterocycles. The first-order chi connectivity index (χ1) is 12.3. The number of amidine groups is 1. The first-order valence-electron chi connectivity index (χ1n) is 8.36. The van der Waals surface area contributed by atoms with Crippen LogP contribution < -0.4 is 9.79 Å². The molecular weight excluding hydrogens is 312 g/mol. The van der Waals surface area contributed by atoms with Crippen molar-refractivity contribution in [3.05, 3.63) is 77.4 Å². The van der Waals surface area contributed by atoms with Crippen LogP contribution in [0.1, 0.15) is 29.2 Å². The van der Waals surface area contributed by atoms with Gasteiger partial charge in [-0.25, -0.2) is 10.3 Å². The molecule has 25 heavy (non-hydrogen) atoms. The Labute approximate surface area is 145 Å². The molecular formula is C20H15BFN3+. The van der Waals surface area contributed by atoms with Gasteiger partial charge >= 0.3 is 7.69 Å². The summed E-state index contributed by atoms with van der Waals surface area (Å²) in [7, 11) is 0.592. The van der Waals surface area contributed by atoms with E-state index >= 15 is 0 Å². The summed E-state index contributed by atoms with van der Waals surface area (Å²) >= 11 is 0. The van der Waals surface area contributed by atoms with Gasteiger partial charge < -0.3 is 0 Å². The second kappa shape index (κ2) is 5.55. The maximum Gasteiger partial charge on any atom is 0.640 e. The number of benzene rings is 2. The number of pyridine rings is 1. The van der Waals surface area contributed by atoms with E-state index in [-0.39, 0.29) is 6.04 Å². The molecule has 3 aromatic rings. The zero-order valence-electron chi connectivity index (χ0n) is 13.5. The average Bonchev–Trinajstić information content (AvgIpc) is 3.01. The first-order valence-corrected chi connectivity index (χ1v) is 8.36. The quantitative estimate of drug-likeness (QED) is 0.713. The van der Waals surface area contributed by atoms with Gasteiger partial charge in [-0.3, -0.25) is 8.79 Å². The normalized spacial score (nSPS) is 17.3. The largest absolute Gasteiger partial charge is 0.640 e. The van der Waals surface area contributed by atoms with Gasteiger partial charge in [0.15, 0.2) is 0 Å². The number of nitrogens with zero attached hydrogens (tertiary/aromatic N) is 2. The zero-order valence-corrected chi connectivity index (χ0v) is 13.5. The first kappa shape index (κ1) is 14.4. The smallest absolute Gasteiger partial charge is 0.272 e. The maximum atomic E-state index is 13.7. The van der Waals surface area contributed by atoms with Crippen molar-refractivity contribution < 1.29 is 8.79 Å².